The van der Waals surface area contributed by atoms with Crippen LogP contribution in [-0.4, -0.2) is 26.5 Å². The predicted molar refractivity (Wildman–Crippen MR) is 68.4 cm³/mol. The van der Waals surface area contributed by atoms with Crippen LogP contribution in [0, 0.1) is 3.57 Å². The third kappa shape index (κ3) is 2.60. The monoisotopic (exact) mass is 331 g/mol. The van der Waals surface area contributed by atoms with Crippen LogP contribution in [0.15, 0.2) is 23.6 Å². The summed E-state index contributed by atoms with van der Waals surface area (Å²) in [5, 5.41) is 3.11. The Balaban J connectivity index is 1.95. The van der Waals surface area contributed by atoms with Gasteiger partial charge in [0, 0.05) is 24.9 Å². The van der Waals surface area contributed by atoms with E-state index < -0.39 is 0 Å². The highest BCUT2D eigenvalue weighted by Crippen LogP contribution is 2.08. The molecule has 0 spiro atoms. The number of H-pyrrole nitrogens is 2. The molecule has 16 heavy (non-hydrogen) atoms. The van der Waals surface area contributed by atoms with Crippen molar-refractivity contribution in [3.05, 3.63) is 38.5 Å². The molecule has 0 saturated heterocycles. The van der Waals surface area contributed by atoms with Gasteiger partial charge in [0.1, 0.15) is 9.39 Å². The van der Waals surface area contributed by atoms with Gasteiger partial charge in [0.25, 0.3) is 5.56 Å². The number of halogens is 1. The highest BCUT2D eigenvalue weighted by atomic mass is 127. The summed E-state index contributed by atoms with van der Waals surface area (Å²) in [6, 6.07) is 0. The van der Waals surface area contributed by atoms with Gasteiger partial charge in [0.15, 0.2) is 0 Å². The van der Waals surface area contributed by atoms with E-state index in [4.69, 9.17) is 0 Å². The molecule has 0 aromatic carbocycles. The minimum atomic E-state index is -0.125. The quantitative estimate of drug-likeness (QED) is 0.722. The number of imidazole rings is 1. The molecule has 6 nitrogen and oxygen atoms in total. The van der Waals surface area contributed by atoms with Crippen molar-refractivity contribution in [3.63, 3.8) is 0 Å². The van der Waals surface area contributed by atoms with Crippen molar-refractivity contribution in [3.8, 4) is 0 Å². The van der Waals surface area contributed by atoms with E-state index in [0.29, 0.717) is 15.9 Å². The lowest BCUT2D eigenvalue weighted by Crippen LogP contribution is -2.16. The maximum Gasteiger partial charge on any atom is 0.266 e. The first kappa shape index (κ1) is 11.1. The van der Waals surface area contributed by atoms with Gasteiger partial charge in [-0.3, -0.25) is 4.79 Å². The normalized spacial score (nSPS) is 10.3. The van der Waals surface area contributed by atoms with Crippen LogP contribution < -0.4 is 10.9 Å². The lowest BCUT2D eigenvalue weighted by molar-refractivity contribution is 0.957. The maximum absolute atomic E-state index is 11.3. The second-order valence-corrected chi connectivity index (χ2v) is 4.23. The van der Waals surface area contributed by atoms with Gasteiger partial charge in [-0.25, -0.2) is 9.97 Å². The average molecular weight is 331 g/mol. The van der Waals surface area contributed by atoms with Crippen LogP contribution in [0.4, 0.5) is 5.82 Å². The molecule has 0 aliphatic rings. The number of nitrogens with zero attached hydrogens (tertiary/aromatic N) is 2. The summed E-state index contributed by atoms with van der Waals surface area (Å²) < 4.78 is 0.574. The molecule has 0 radical (unpaired) electrons. The van der Waals surface area contributed by atoms with Crippen molar-refractivity contribution in [2.75, 3.05) is 11.9 Å². The van der Waals surface area contributed by atoms with Gasteiger partial charge < -0.3 is 15.3 Å². The minimum absolute atomic E-state index is 0.125. The number of anilines is 1. The third-order valence-electron chi connectivity index (χ3n) is 2.04. The van der Waals surface area contributed by atoms with E-state index >= 15 is 0 Å². The van der Waals surface area contributed by atoms with Crippen molar-refractivity contribution in [2.45, 2.75) is 6.42 Å². The molecule has 7 heteroatoms. The molecule has 0 atom stereocenters. The van der Waals surface area contributed by atoms with Crippen molar-refractivity contribution in [1.82, 2.24) is 19.9 Å². The van der Waals surface area contributed by atoms with Crippen LogP contribution in [0.25, 0.3) is 0 Å². The maximum atomic E-state index is 11.3. The Morgan fingerprint density at radius 3 is 3.00 bits per heavy atom. The molecule has 2 rings (SSSR count). The topological polar surface area (TPSA) is 86.5 Å². The molecule has 0 aliphatic carbocycles. The van der Waals surface area contributed by atoms with E-state index in [1.54, 1.807) is 12.5 Å². The van der Waals surface area contributed by atoms with E-state index in [9.17, 15) is 4.79 Å². The molecular weight excluding hydrogens is 321 g/mol. The summed E-state index contributed by atoms with van der Waals surface area (Å²) >= 11 is 1.97. The van der Waals surface area contributed by atoms with E-state index in [1.165, 1.54) is 6.33 Å². The standard InChI is InChI=1S/C9H10IN5O/c10-7-8(14-5-15-9(7)16)12-2-1-6-3-11-4-13-6/h3-5H,1-2H2,(H,11,13)(H2,12,14,15,16). The van der Waals surface area contributed by atoms with Gasteiger partial charge in [-0.2, -0.15) is 0 Å². The highest BCUT2D eigenvalue weighted by molar-refractivity contribution is 14.1. The second kappa shape index (κ2) is 5.10. The Morgan fingerprint density at radius 2 is 2.25 bits per heavy atom. The minimum Gasteiger partial charge on any atom is -0.369 e. The molecule has 2 aromatic heterocycles. The van der Waals surface area contributed by atoms with Gasteiger partial charge in [-0.1, -0.05) is 0 Å². The van der Waals surface area contributed by atoms with Crippen LogP contribution >= 0.6 is 22.6 Å². The van der Waals surface area contributed by atoms with Crippen molar-refractivity contribution in [1.29, 1.82) is 0 Å². The summed E-state index contributed by atoms with van der Waals surface area (Å²) in [7, 11) is 0. The third-order valence-corrected chi connectivity index (χ3v) is 3.04. The van der Waals surface area contributed by atoms with Gasteiger partial charge in [0.2, 0.25) is 0 Å². The van der Waals surface area contributed by atoms with E-state index in [-0.39, 0.29) is 5.56 Å². The van der Waals surface area contributed by atoms with Crippen LogP contribution in [-0.2, 0) is 6.42 Å². The fourth-order valence-corrected chi connectivity index (χ4v) is 1.73. The summed E-state index contributed by atoms with van der Waals surface area (Å²) in [5.41, 5.74) is 0.923. The van der Waals surface area contributed by atoms with Gasteiger partial charge in [-0.15, -0.1) is 0 Å². The molecule has 2 heterocycles. The van der Waals surface area contributed by atoms with Gasteiger partial charge >= 0.3 is 0 Å². The number of nitrogens with one attached hydrogen (secondary N) is 3. The molecule has 2 aromatic rings. The molecule has 0 unspecified atom stereocenters. The summed E-state index contributed by atoms with van der Waals surface area (Å²) in [4.78, 5) is 24.8. The van der Waals surface area contributed by atoms with Crippen molar-refractivity contribution < 1.29 is 0 Å². The lowest BCUT2D eigenvalue weighted by atomic mass is 10.3. The van der Waals surface area contributed by atoms with Crippen LogP contribution in [0.1, 0.15) is 5.69 Å². The molecule has 0 amide bonds. The molecule has 0 saturated carbocycles. The molecule has 0 bridgehead atoms. The first-order valence-corrected chi connectivity index (χ1v) is 5.79. The first-order chi connectivity index (χ1) is 7.77. The Kier molecular flexibility index (Phi) is 3.54. The number of rotatable bonds is 4. The van der Waals surface area contributed by atoms with E-state index in [1.807, 2.05) is 22.6 Å². The predicted octanol–water partition coefficient (Wildman–Crippen LogP) is 0.752. The van der Waals surface area contributed by atoms with Gasteiger partial charge in [0.05, 0.1) is 12.7 Å². The number of aromatic amines is 2. The number of aromatic nitrogens is 4. The van der Waals surface area contributed by atoms with E-state index in [0.717, 1.165) is 12.1 Å². The highest BCUT2D eigenvalue weighted by Gasteiger charge is 2.03. The summed E-state index contributed by atoms with van der Waals surface area (Å²) in [5.74, 6) is 0.615. The Hall–Kier alpha value is -1.38. The van der Waals surface area contributed by atoms with Gasteiger partial charge in [-0.05, 0) is 22.6 Å². The largest absolute Gasteiger partial charge is 0.369 e. The van der Waals surface area contributed by atoms with E-state index in [2.05, 4.69) is 25.3 Å². The number of hydrogen-bond donors (Lipinski definition) is 3. The Labute approximate surface area is 105 Å². The van der Waals surface area contributed by atoms with Crippen LogP contribution in [0.5, 0.6) is 0 Å². The average Bonchev–Trinajstić information content (AvgIpc) is 2.77. The zero-order chi connectivity index (χ0) is 11.4. The van der Waals surface area contributed by atoms with Crippen LogP contribution in [0.2, 0.25) is 0 Å². The smallest absolute Gasteiger partial charge is 0.266 e. The molecule has 0 aliphatic heterocycles. The Morgan fingerprint density at radius 1 is 1.38 bits per heavy atom. The molecule has 84 valence electrons. The van der Waals surface area contributed by atoms with Crippen molar-refractivity contribution >= 4 is 28.4 Å². The van der Waals surface area contributed by atoms with Crippen LogP contribution in [0.3, 0.4) is 0 Å². The molecule has 0 fully saturated rings. The van der Waals surface area contributed by atoms with Crippen molar-refractivity contribution in [2.24, 2.45) is 0 Å². The molecule has 3 N–H and O–H groups in total. The fraction of sp³-hybridized carbons (Fsp3) is 0.222. The summed E-state index contributed by atoms with van der Waals surface area (Å²) in [6.45, 7) is 0.703. The molecular formula is C9H10IN5O. The number of hydrogen-bond acceptors (Lipinski definition) is 4. The first-order valence-electron chi connectivity index (χ1n) is 4.71. The summed E-state index contributed by atoms with van der Waals surface area (Å²) in [6.07, 6.45) is 5.62. The zero-order valence-electron chi connectivity index (χ0n) is 8.33. The SMILES string of the molecule is O=c1[nH]cnc(NCCc2cnc[nH]2)c1I. The Bertz CT molecular complexity index is 507. The second-order valence-electron chi connectivity index (χ2n) is 3.15. The fourth-order valence-electron chi connectivity index (χ4n) is 1.24. The zero-order valence-corrected chi connectivity index (χ0v) is 10.5. The lowest BCUT2D eigenvalue weighted by Gasteiger charge is -2.05.